The zero-order valence-corrected chi connectivity index (χ0v) is 7.77. The fourth-order valence-electron chi connectivity index (χ4n) is 0.980. The number of benzene rings is 1. The second-order valence-electron chi connectivity index (χ2n) is 2.46. The minimum absolute atomic E-state index is 0. The monoisotopic (exact) mass is 200 g/mol. The first-order chi connectivity index (χ1) is 5.77. The van der Waals surface area contributed by atoms with E-state index in [2.05, 4.69) is 0 Å². The van der Waals surface area contributed by atoms with Crippen molar-refractivity contribution in [1.29, 1.82) is 5.26 Å². The van der Waals surface area contributed by atoms with E-state index in [1.807, 2.05) is 0 Å². The SMILES string of the molecule is Cl.N#Cc1cc(CCN)ccc1F. The maximum absolute atomic E-state index is 12.8. The lowest BCUT2D eigenvalue weighted by molar-refractivity contribution is 0.623. The normalized spacial score (nSPS) is 8.69. The molecule has 0 heterocycles. The lowest BCUT2D eigenvalue weighted by atomic mass is 10.1. The van der Waals surface area contributed by atoms with Crippen molar-refractivity contribution in [2.75, 3.05) is 6.54 Å². The van der Waals surface area contributed by atoms with Gasteiger partial charge in [-0.15, -0.1) is 12.4 Å². The second-order valence-corrected chi connectivity index (χ2v) is 2.46. The minimum Gasteiger partial charge on any atom is -0.330 e. The van der Waals surface area contributed by atoms with Crippen LogP contribution in [0.25, 0.3) is 0 Å². The van der Waals surface area contributed by atoms with E-state index >= 15 is 0 Å². The van der Waals surface area contributed by atoms with E-state index in [1.54, 1.807) is 12.1 Å². The highest BCUT2D eigenvalue weighted by Crippen LogP contribution is 2.09. The Morgan fingerprint density at radius 3 is 2.69 bits per heavy atom. The number of nitrogens with zero attached hydrogens (tertiary/aromatic N) is 1. The molecule has 1 aromatic carbocycles. The highest BCUT2D eigenvalue weighted by atomic mass is 35.5. The average Bonchev–Trinajstić information content (AvgIpc) is 2.09. The number of hydrogen-bond acceptors (Lipinski definition) is 2. The Kier molecular flexibility index (Phi) is 5.05. The largest absolute Gasteiger partial charge is 0.330 e. The molecule has 0 aliphatic rings. The van der Waals surface area contributed by atoms with Gasteiger partial charge in [-0.3, -0.25) is 0 Å². The number of nitriles is 1. The molecule has 0 aromatic heterocycles. The van der Waals surface area contributed by atoms with Crippen LogP contribution in [-0.2, 0) is 6.42 Å². The quantitative estimate of drug-likeness (QED) is 0.789. The summed E-state index contributed by atoms with van der Waals surface area (Å²) in [5, 5.41) is 8.49. The van der Waals surface area contributed by atoms with Crippen LogP contribution < -0.4 is 5.73 Å². The Hall–Kier alpha value is -1.11. The third kappa shape index (κ3) is 3.02. The van der Waals surface area contributed by atoms with Crippen LogP contribution in [0.4, 0.5) is 4.39 Å². The van der Waals surface area contributed by atoms with Crippen LogP contribution in [0.15, 0.2) is 18.2 Å². The van der Waals surface area contributed by atoms with Crippen molar-refractivity contribution in [1.82, 2.24) is 0 Å². The molecular weight excluding hydrogens is 191 g/mol. The molecule has 70 valence electrons. The fourth-order valence-corrected chi connectivity index (χ4v) is 0.980. The molecule has 0 fully saturated rings. The fraction of sp³-hybridized carbons (Fsp3) is 0.222. The van der Waals surface area contributed by atoms with Crippen LogP contribution in [0.1, 0.15) is 11.1 Å². The average molecular weight is 201 g/mol. The zero-order chi connectivity index (χ0) is 8.97. The van der Waals surface area contributed by atoms with E-state index in [0.717, 1.165) is 5.56 Å². The molecule has 0 saturated carbocycles. The summed E-state index contributed by atoms with van der Waals surface area (Å²) < 4.78 is 12.8. The summed E-state index contributed by atoms with van der Waals surface area (Å²) >= 11 is 0. The van der Waals surface area contributed by atoms with Crippen LogP contribution >= 0.6 is 12.4 Å². The first kappa shape index (κ1) is 11.9. The van der Waals surface area contributed by atoms with Crippen molar-refractivity contribution in [2.24, 2.45) is 5.73 Å². The molecule has 0 spiro atoms. The van der Waals surface area contributed by atoms with Crippen LogP contribution in [0.3, 0.4) is 0 Å². The van der Waals surface area contributed by atoms with Crippen LogP contribution in [0, 0.1) is 17.1 Å². The number of nitrogens with two attached hydrogens (primary N) is 1. The zero-order valence-electron chi connectivity index (χ0n) is 6.96. The van der Waals surface area contributed by atoms with Gasteiger partial charge in [0.1, 0.15) is 11.9 Å². The lowest BCUT2D eigenvalue weighted by Gasteiger charge is -1.98. The summed E-state index contributed by atoms with van der Waals surface area (Å²) in [6.45, 7) is 0.510. The maximum Gasteiger partial charge on any atom is 0.140 e. The molecule has 1 rings (SSSR count). The Morgan fingerprint density at radius 1 is 1.46 bits per heavy atom. The van der Waals surface area contributed by atoms with Crippen molar-refractivity contribution < 1.29 is 4.39 Å². The molecule has 13 heavy (non-hydrogen) atoms. The van der Waals surface area contributed by atoms with Crippen molar-refractivity contribution >= 4 is 12.4 Å². The Labute approximate surface area is 82.6 Å². The third-order valence-electron chi connectivity index (χ3n) is 1.58. The van der Waals surface area contributed by atoms with Gasteiger partial charge in [0.05, 0.1) is 5.56 Å². The predicted octanol–water partition coefficient (Wildman–Crippen LogP) is 1.62. The van der Waals surface area contributed by atoms with Gasteiger partial charge in [-0.05, 0) is 30.7 Å². The first-order valence-electron chi connectivity index (χ1n) is 3.66. The molecular formula is C9H10ClFN2. The molecule has 2 N–H and O–H groups in total. The van der Waals surface area contributed by atoms with E-state index in [9.17, 15) is 4.39 Å². The van der Waals surface area contributed by atoms with Gasteiger partial charge < -0.3 is 5.73 Å². The molecule has 0 atom stereocenters. The van der Waals surface area contributed by atoms with Gasteiger partial charge >= 0.3 is 0 Å². The molecule has 0 unspecified atom stereocenters. The first-order valence-corrected chi connectivity index (χ1v) is 3.66. The number of rotatable bonds is 2. The topological polar surface area (TPSA) is 49.8 Å². The highest BCUT2D eigenvalue weighted by Gasteiger charge is 2.01. The van der Waals surface area contributed by atoms with Gasteiger partial charge in [0.15, 0.2) is 0 Å². The molecule has 0 saturated heterocycles. The van der Waals surface area contributed by atoms with E-state index in [1.165, 1.54) is 12.1 Å². The van der Waals surface area contributed by atoms with Gasteiger partial charge in [-0.2, -0.15) is 5.26 Å². The molecule has 0 amide bonds. The maximum atomic E-state index is 12.8. The van der Waals surface area contributed by atoms with Crippen molar-refractivity contribution in [3.63, 3.8) is 0 Å². The highest BCUT2D eigenvalue weighted by molar-refractivity contribution is 5.85. The third-order valence-corrected chi connectivity index (χ3v) is 1.58. The Balaban J connectivity index is 0.00000144. The summed E-state index contributed by atoms with van der Waals surface area (Å²) in [6.07, 6.45) is 0.676. The molecule has 0 aliphatic heterocycles. The summed E-state index contributed by atoms with van der Waals surface area (Å²) in [5.41, 5.74) is 6.30. The smallest absolute Gasteiger partial charge is 0.140 e. The summed E-state index contributed by atoms with van der Waals surface area (Å²) in [7, 11) is 0. The van der Waals surface area contributed by atoms with Gasteiger partial charge in [0.2, 0.25) is 0 Å². The molecule has 0 bridgehead atoms. The summed E-state index contributed by atoms with van der Waals surface area (Å²) in [4.78, 5) is 0. The van der Waals surface area contributed by atoms with Crippen molar-refractivity contribution in [3.05, 3.63) is 35.1 Å². The predicted molar refractivity (Wildman–Crippen MR) is 51.1 cm³/mol. The van der Waals surface area contributed by atoms with Crippen molar-refractivity contribution in [3.8, 4) is 6.07 Å². The lowest BCUT2D eigenvalue weighted by Crippen LogP contribution is -2.03. The van der Waals surface area contributed by atoms with E-state index in [0.29, 0.717) is 13.0 Å². The van der Waals surface area contributed by atoms with Crippen LogP contribution in [-0.4, -0.2) is 6.54 Å². The standard InChI is InChI=1S/C9H9FN2.ClH/c10-9-2-1-7(3-4-11)5-8(9)6-12;/h1-2,5H,3-4,11H2;1H. The van der Waals surface area contributed by atoms with Crippen LogP contribution in [0.5, 0.6) is 0 Å². The molecule has 1 aromatic rings. The van der Waals surface area contributed by atoms with E-state index in [-0.39, 0.29) is 18.0 Å². The summed E-state index contributed by atoms with van der Waals surface area (Å²) in [5.74, 6) is -0.474. The molecule has 0 radical (unpaired) electrons. The number of hydrogen-bond donors (Lipinski definition) is 1. The van der Waals surface area contributed by atoms with Gasteiger partial charge in [0, 0.05) is 0 Å². The molecule has 2 nitrogen and oxygen atoms in total. The second kappa shape index (κ2) is 5.52. The van der Waals surface area contributed by atoms with Crippen LogP contribution in [0.2, 0.25) is 0 Å². The van der Waals surface area contributed by atoms with E-state index < -0.39 is 5.82 Å². The molecule has 0 aliphatic carbocycles. The summed E-state index contributed by atoms with van der Waals surface area (Å²) in [6, 6.07) is 6.25. The van der Waals surface area contributed by atoms with Gasteiger partial charge in [-0.25, -0.2) is 4.39 Å². The molecule has 4 heteroatoms. The van der Waals surface area contributed by atoms with Crippen molar-refractivity contribution in [2.45, 2.75) is 6.42 Å². The van der Waals surface area contributed by atoms with Gasteiger partial charge in [0.25, 0.3) is 0 Å². The Bertz CT molecular complexity index is 320. The number of halogens is 2. The minimum atomic E-state index is -0.474. The van der Waals surface area contributed by atoms with E-state index in [4.69, 9.17) is 11.0 Å². The van der Waals surface area contributed by atoms with Gasteiger partial charge in [-0.1, -0.05) is 6.07 Å². The Morgan fingerprint density at radius 2 is 2.15 bits per heavy atom.